The number of benzene rings is 1. The number of imidazole rings is 1. The molecule has 0 unspecified atom stereocenters. The molecule has 0 aliphatic rings. The highest BCUT2D eigenvalue weighted by atomic mass is 16.3. The SMILES string of the molecule is C=CC.CC=C(C)C.CCC(C)C.Cc1ccc2c(c1)nc(CO)n2C. The number of hydrogen-bond donors (Lipinski definition) is 1. The van der Waals surface area contributed by atoms with Crippen molar-refractivity contribution in [3.05, 3.63) is 53.9 Å². The lowest BCUT2D eigenvalue weighted by molar-refractivity contribution is 0.268. The van der Waals surface area contributed by atoms with E-state index in [1.807, 2.05) is 50.6 Å². The molecule has 1 N–H and O–H groups in total. The standard InChI is InChI=1S/C10H12N2O.C5H12.C5H10.C3H6/c1-7-3-4-9-8(5-7)11-10(6-13)12(9)2;2*1-4-5(2)3;1-3-2/h3-5,13H,6H2,1-2H3;5H,4H2,1-3H3;4H,1-3H3;3H,1H2,2H3. The minimum absolute atomic E-state index is 0.00969. The van der Waals surface area contributed by atoms with Crippen LogP contribution in [-0.2, 0) is 13.7 Å². The van der Waals surface area contributed by atoms with Gasteiger partial charge in [0.25, 0.3) is 0 Å². The van der Waals surface area contributed by atoms with Crippen LogP contribution in [0.25, 0.3) is 11.0 Å². The first-order valence-electron chi connectivity index (χ1n) is 9.37. The van der Waals surface area contributed by atoms with Gasteiger partial charge in [0.1, 0.15) is 12.4 Å². The van der Waals surface area contributed by atoms with Crippen molar-refractivity contribution in [3.8, 4) is 0 Å². The lowest BCUT2D eigenvalue weighted by atomic mass is 10.2. The molecule has 2 rings (SSSR count). The van der Waals surface area contributed by atoms with Crippen LogP contribution in [0.15, 0.2) is 42.5 Å². The lowest BCUT2D eigenvalue weighted by Gasteiger charge is -1.97. The normalized spacial score (nSPS) is 9.19. The van der Waals surface area contributed by atoms with Gasteiger partial charge >= 0.3 is 0 Å². The first-order valence-corrected chi connectivity index (χ1v) is 9.37. The zero-order chi connectivity index (χ0) is 20.7. The van der Waals surface area contributed by atoms with Crippen molar-refractivity contribution in [2.45, 2.75) is 68.4 Å². The van der Waals surface area contributed by atoms with Crippen LogP contribution in [0.1, 0.15) is 66.3 Å². The van der Waals surface area contributed by atoms with E-state index in [9.17, 15) is 0 Å². The Hall–Kier alpha value is -1.87. The summed E-state index contributed by atoms with van der Waals surface area (Å²) in [5.41, 5.74) is 4.58. The Labute approximate surface area is 161 Å². The quantitative estimate of drug-likeness (QED) is 0.613. The van der Waals surface area contributed by atoms with Gasteiger partial charge < -0.3 is 9.67 Å². The molecule has 2 aromatic rings. The number of aliphatic hydroxyl groups is 1. The molecule has 0 saturated heterocycles. The Balaban J connectivity index is 0. The van der Waals surface area contributed by atoms with Gasteiger partial charge in [0.05, 0.1) is 11.0 Å². The summed E-state index contributed by atoms with van der Waals surface area (Å²) in [5.74, 6) is 1.59. The number of aromatic nitrogens is 2. The molecule has 3 nitrogen and oxygen atoms in total. The Morgan fingerprint density at radius 2 is 1.73 bits per heavy atom. The summed E-state index contributed by atoms with van der Waals surface area (Å²) < 4.78 is 1.91. The number of aryl methyl sites for hydroxylation is 2. The molecule has 26 heavy (non-hydrogen) atoms. The molecular weight excluding hydrogens is 320 g/mol. The van der Waals surface area contributed by atoms with Gasteiger partial charge in [0.2, 0.25) is 0 Å². The number of nitrogens with zero attached hydrogens (tertiary/aromatic N) is 2. The molecular formula is C23H40N2O. The van der Waals surface area contributed by atoms with Gasteiger partial charge in [-0.3, -0.25) is 0 Å². The van der Waals surface area contributed by atoms with Gasteiger partial charge in [-0.1, -0.05) is 51.0 Å². The Morgan fingerprint density at radius 3 is 2.08 bits per heavy atom. The van der Waals surface area contributed by atoms with Gasteiger partial charge in [-0.05, 0) is 58.2 Å². The van der Waals surface area contributed by atoms with Crippen molar-refractivity contribution in [1.82, 2.24) is 9.55 Å². The molecule has 1 aromatic carbocycles. The summed E-state index contributed by atoms with van der Waals surface area (Å²) in [7, 11) is 1.91. The third-order valence-electron chi connectivity index (χ3n) is 3.66. The molecule has 0 radical (unpaired) electrons. The van der Waals surface area contributed by atoms with Gasteiger partial charge in [-0.15, -0.1) is 6.58 Å². The molecule has 0 aliphatic heterocycles. The average Bonchev–Trinajstić information content (AvgIpc) is 2.91. The second kappa shape index (κ2) is 15.4. The van der Waals surface area contributed by atoms with Gasteiger partial charge in [-0.25, -0.2) is 4.98 Å². The van der Waals surface area contributed by atoms with E-state index in [0.717, 1.165) is 17.0 Å². The summed E-state index contributed by atoms with van der Waals surface area (Å²) in [6.07, 6.45) is 5.14. The van der Waals surface area contributed by atoms with Crippen LogP contribution in [0, 0.1) is 12.8 Å². The number of allylic oxidation sites excluding steroid dienone is 3. The summed E-state index contributed by atoms with van der Waals surface area (Å²) in [6, 6.07) is 6.09. The van der Waals surface area contributed by atoms with E-state index in [-0.39, 0.29) is 6.61 Å². The molecule has 0 spiro atoms. The third kappa shape index (κ3) is 11.6. The molecule has 0 amide bonds. The van der Waals surface area contributed by atoms with Crippen LogP contribution in [0.5, 0.6) is 0 Å². The minimum Gasteiger partial charge on any atom is -0.388 e. The molecule has 3 heteroatoms. The number of fused-ring (bicyclic) bond motifs is 1. The predicted octanol–water partition coefficient (Wildman–Crippen LogP) is 6.59. The zero-order valence-electron chi connectivity index (χ0n) is 18.4. The van der Waals surface area contributed by atoms with Crippen LogP contribution in [0.2, 0.25) is 0 Å². The second-order valence-corrected chi connectivity index (χ2v) is 6.81. The molecule has 0 fully saturated rings. The molecule has 0 bridgehead atoms. The smallest absolute Gasteiger partial charge is 0.135 e. The van der Waals surface area contributed by atoms with E-state index >= 15 is 0 Å². The molecule has 0 aliphatic carbocycles. The summed E-state index contributed by atoms with van der Waals surface area (Å²) >= 11 is 0. The number of aliphatic hydroxyl groups excluding tert-OH is 1. The summed E-state index contributed by atoms with van der Waals surface area (Å²) in [6.45, 7) is 20.1. The van der Waals surface area contributed by atoms with Crippen molar-refractivity contribution in [1.29, 1.82) is 0 Å². The molecule has 0 atom stereocenters. The highest BCUT2D eigenvalue weighted by Crippen LogP contribution is 2.16. The topological polar surface area (TPSA) is 38.1 Å². The van der Waals surface area contributed by atoms with Crippen LogP contribution < -0.4 is 0 Å². The predicted molar refractivity (Wildman–Crippen MR) is 117 cm³/mol. The van der Waals surface area contributed by atoms with Gasteiger partial charge in [-0.2, -0.15) is 0 Å². The van der Waals surface area contributed by atoms with E-state index in [1.54, 1.807) is 6.08 Å². The van der Waals surface area contributed by atoms with Crippen LogP contribution in [0.4, 0.5) is 0 Å². The maximum absolute atomic E-state index is 9.01. The van der Waals surface area contributed by atoms with E-state index < -0.39 is 0 Å². The van der Waals surface area contributed by atoms with Crippen molar-refractivity contribution in [2.75, 3.05) is 0 Å². The fourth-order valence-electron chi connectivity index (χ4n) is 1.50. The third-order valence-corrected chi connectivity index (χ3v) is 3.66. The fraction of sp³-hybridized carbons (Fsp3) is 0.522. The van der Waals surface area contributed by atoms with E-state index in [2.05, 4.69) is 52.3 Å². The largest absolute Gasteiger partial charge is 0.388 e. The monoisotopic (exact) mass is 360 g/mol. The van der Waals surface area contributed by atoms with Crippen LogP contribution in [-0.4, -0.2) is 14.7 Å². The lowest BCUT2D eigenvalue weighted by Crippen LogP contribution is -1.96. The van der Waals surface area contributed by atoms with E-state index in [4.69, 9.17) is 5.11 Å². The molecule has 0 saturated carbocycles. The first kappa shape index (κ1) is 26.4. The second-order valence-electron chi connectivity index (χ2n) is 6.81. The Bertz CT molecular complexity index is 648. The molecule has 1 aromatic heterocycles. The van der Waals surface area contributed by atoms with Crippen molar-refractivity contribution in [3.63, 3.8) is 0 Å². The Kier molecular flexibility index (Phi) is 15.6. The highest BCUT2D eigenvalue weighted by molar-refractivity contribution is 5.76. The minimum atomic E-state index is -0.00969. The van der Waals surface area contributed by atoms with Crippen molar-refractivity contribution < 1.29 is 5.11 Å². The van der Waals surface area contributed by atoms with Gasteiger partial charge in [0, 0.05) is 7.05 Å². The molecule has 1 heterocycles. The fourth-order valence-corrected chi connectivity index (χ4v) is 1.50. The van der Waals surface area contributed by atoms with Crippen LogP contribution in [0.3, 0.4) is 0 Å². The van der Waals surface area contributed by atoms with Crippen LogP contribution >= 0.6 is 0 Å². The van der Waals surface area contributed by atoms with Gasteiger partial charge in [0.15, 0.2) is 0 Å². The summed E-state index contributed by atoms with van der Waals surface area (Å²) in [4.78, 5) is 4.30. The summed E-state index contributed by atoms with van der Waals surface area (Å²) in [5, 5.41) is 9.01. The maximum Gasteiger partial charge on any atom is 0.135 e. The molecule has 148 valence electrons. The van der Waals surface area contributed by atoms with E-state index in [1.165, 1.54) is 17.6 Å². The number of rotatable bonds is 2. The van der Waals surface area contributed by atoms with Crippen molar-refractivity contribution >= 4 is 11.0 Å². The maximum atomic E-state index is 9.01. The van der Waals surface area contributed by atoms with Crippen molar-refractivity contribution in [2.24, 2.45) is 13.0 Å². The van der Waals surface area contributed by atoms with E-state index in [0.29, 0.717) is 5.82 Å². The first-order chi connectivity index (χ1) is 12.2. The zero-order valence-corrected chi connectivity index (χ0v) is 18.4. The highest BCUT2D eigenvalue weighted by Gasteiger charge is 2.05. The number of hydrogen-bond acceptors (Lipinski definition) is 2. The Morgan fingerprint density at radius 1 is 1.27 bits per heavy atom. The average molecular weight is 361 g/mol.